The molecule has 0 aliphatic carbocycles. The van der Waals surface area contributed by atoms with Crippen LogP contribution in [-0.2, 0) is 12.8 Å². The predicted octanol–water partition coefficient (Wildman–Crippen LogP) is 1.47. The fourth-order valence-electron chi connectivity index (χ4n) is 2.62. The van der Waals surface area contributed by atoms with Gasteiger partial charge in [0.25, 0.3) is 5.56 Å². The molecule has 2 aromatic heterocycles. The van der Waals surface area contributed by atoms with Crippen molar-refractivity contribution >= 4 is 11.8 Å². The molecule has 0 bridgehead atoms. The van der Waals surface area contributed by atoms with E-state index in [4.69, 9.17) is 10.2 Å². The summed E-state index contributed by atoms with van der Waals surface area (Å²) in [6.45, 7) is 2.75. The van der Waals surface area contributed by atoms with Crippen molar-refractivity contribution < 1.29 is 4.42 Å². The minimum absolute atomic E-state index is 0.140. The number of nitrogens with two attached hydrogens (primary N) is 1. The molecule has 3 heterocycles. The van der Waals surface area contributed by atoms with Crippen LogP contribution in [0.4, 0.5) is 11.8 Å². The molecule has 1 aliphatic rings. The van der Waals surface area contributed by atoms with Crippen LogP contribution in [0.3, 0.4) is 0 Å². The van der Waals surface area contributed by atoms with Gasteiger partial charge in [-0.1, -0.05) is 0 Å². The molecule has 1 atom stereocenters. The van der Waals surface area contributed by atoms with Crippen molar-refractivity contribution in [1.82, 2.24) is 9.97 Å². The summed E-state index contributed by atoms with van der Waals surface area (Å²) < 4.78 is 5.57. The van der Waals surface area contributed by atoms with Gasteiger partial charge in [-0.2, -0.15) is 4.98 Å². The maximum absolute atomic E-state index is 11.9. The summed E-state index contributed by atoms with van der Waals surface area (Å²) in [6, 6.07) is 3.98. The summed E-state index contributed by atoms with van der Waals surface area (Å²) >= 11 is 0. The number of anilines is 2. The second kappa shape index (κ2) is 5.03. The second-order valence-corrected chi connectivity index (χ2v) is 5.28. The van der Waals surface area contributed by atoms with Crippen LogP contribution >= 0.6 is 0 Å². The Morgan fingerprint density at radius 2 is 2.35 bits per heavy atom. The van der Waals surface area contributed by atoms with E-state index >= 15 is 0 Å². The number of fused-ring (bicyclic) bond motifs is 1. The second-order valence-electron chi connectivity index (χ2n) is 5.28. The molecule has 2 aromatic rings. The molecular formula is C14H18N4O2. The van der Waals surface area contributed by atoms with Gasteiger partial charge in [0.05, 0.1) is 5.56 Å². The minimum Gasteiger partial charge on any atom is -0.466 e. The highest BCUT2D eigenvalue weighted by Gasteiger charge is 2.22. The van der Waals surface area contributed by atoms with E-state index in [9.17, 15) is 4.79 Å². The quantitative estimate of drug-likeness (QED) is 0.787. The van der Waals surface area contributed by atoms with E-state index in [1.807, 2.05) is 19.1 Å². The highest BCUT2D eigenvalue weighted by molar-refractivity contribution is 5.48. The predicted molar refractivity (Wildman–Crippen MR) is 76.7 cm³/mol. The molecule has 0 spiro atoms. The van der Waals surface area contributed by atoms with Gasteiger partial charge >= 0.3 is 0 Å². The zero-order chi connectivity index (χ0) is 14.1. The highest BCUT2D eigenvalue weighted by Crippen LogP contribution is 2.23. The monoisotopic (exact) mass is 274 g/mol. The van der Waals surface area contributed by atoms with Gasteiger partial charge < -0.3 is 15.5 Å². The number of nitrogen functional groups attached to an aromatic ring is 1. The van der Waals surface area contributed by atoms with Crippen LogP contribution in [0.1, 0.15) is 23.5 Å². The Kier molecular flexibility index (Phi) is 3.22. The SMILES string of the molecule is Cc1ccc(CCC2CNc3nc(N)[nH]c(=O)c3C2)o1. The first-order chi connectivity index (χ1) is 9.61. The van der Waals surface area contributed by atoms with Crippen molar-refractivity contribution in [3.63, 3.8) is 0 Å². The number of nitrogens with one attached hydrogen (secondary N) is 2. The molecule has 1 aliphatic heterocycles. The van der Waals surface area contributed by atoms with Gasteiger partial charge in [-0.3, -0.25) is 9.78 Å². The van der Waals surface area contributed by atoms with Crippen LogP contribution in [-0.4, -0.2) is 16.5 Å². The lowest BCUT2D eigenvalue weighted by Crippen LogP contribution is -2.30. The fraction of sp³-hybridized carbons (Fsp3) is 0.429. The number of rotatable bonds is 3. The zero-order valence-corrected chi connectivity index (χ0v) is 11.4. The molecular weight excluding hydrogens is 256 g/mol. The van der Waals surface area contributed by atoms with Crippen LogP contribution in [0, 0.1) is 12.8 Å². The number of hydrogen-bond acceptors (Lipinski definition) is 5. The average molecular weight is 274 g/mol. The highest BCUT2D eigenvalue weighted by atomic mass is 16.3. The summed E-state index contributed by atoms with van der Waals surface area (Å²) in [7, 11) is 0. The first kappa shape index (κ1) is 12.8. The van der Waals surface area contributed by atoms with Crippen molar-refractivity contribution in [3.05, 3.63) is 39.6 Å². The van der Waals surface area contributed by atoms with Crippen LogP contribution in [0.25, 0.3) is 0 Å². The third-order valence-electron chi connectivity index (χ3n) is 3.68. The van der Waals surface area contributed by atoms with Crippen molar-refractivity contribution in [3.8, 4) is 0 Å². The molecule has 0 saturated heterocycles. The molecule has 0 amide bonds. The number of furan rings is 1. The largest absolute Gasteiger partial charge is 0.466 e. The van der Waals surface area contributed by atoms with E-state index in [-0.39, 0.29) is 11.5 Å². The number of H-pyrrole nitrogens is 1. The standard InChI is InChI=1S/C14H18N4O2/c1-8-2-4-10(20-8)5-3-9-6-11-12(16-7-9)17-14(15)18-13(11)19/h2,4,9H,3,5-7H2,1H3,(H4,15,16,17,18,19). The molecule has 20 heavy (non-hydrogen) atoms. The number of nitrogens with zero attached hydrogens (tertiary/aromatic N) is 1. The van der Waals surface area contributed by atoms with Crippen LogP contribution < -0.4 is 16.6 Å². The van der Waals surface area contributed by atoms with Crippen LogP contribution in [0.15, 0.2) is 21.3 Å². The number of aromatic amines is 1. The van der Waals surface area contributed by atoms with Crippen molar-refractivity contribution in [1.29, 1.82) is 0 Å². The van der Waals surface area contributed by atoms with E-state index in [0.29, 0.717) is 17.3 Å². The molecule has 0 fully saturated rings. The summed E-state index contributed by atoms with van der Waals surface area (Å²) in [5.74, 6) is 3.11. The Bertz CT molecular complexity index is 674. The van der Waals surface area contributed by atoms with Crippen molar-refractivity contribution in [2.45, 2.75) is 26.2 Å². The maximum atomic E-state index is 11.9. The summed E-state index contributed by atoms with van der Waals surface area (Å²) in [4.78, 5) is 18.5. The third-order valence-corrected chi connectivity index (χ3v) is 3.68. The zero-order valence-electron chi connectivity index (χ0n) is 11.4. The van der Waals surface area contributed by atoms with Gasteiger partial charge in [0.2, 0.25) is 5.95 Å². The molecule has 4 N–H and O–H groups in total. The third kappa shape index (κ3) is 2.54. The molecule has 3 rings (SSSR count). The summed E-state index contributed by atoms with van der Waals surface area (Å²) in [5.41, 5.74) is 6.10. The molecule has 6 nitrogen and oxygen atoms in total. The van der Waals surface area contributed by atoms with Gasteiger partial charge in [0, 0.05) is 13.0 Å². The van der Waals surface area contributed by atoms with E-state index < -0.39 is 0 Å². The van der Waals surface area contributed by atoms with Gasteiger partial charge in [-0.15, -0.1) is 0 Å². The average Bonchev–Trinajstić information content (AvgIpc) is 2.82. The first-order valence-electron chi connectivity index (χ1n) is 6.79. The number of aromatic nitrogens is 2. The fourth-order valence-corrected chi connectivity index (χ4v) is 2.62. The Hall–Kier alpha value is -2.24. The minimum atomic E-state index is -0.140. The van der Waals surface area contributed by atoms with Gasteiger partial charge in [0.15, 0.2) is 0 Å². The molecule has 106 valence electrons. The number of hydrogen-bond donors (Lipinski definition) is 3. The topological polar surface area (TPSA) is 96.9 Å². The van der Waals surface area contributed by atoms with Crippen LogP contribution in [0.5, 0.6) is 0 Å². The molecule has 0 aromatic carbocycles. The Morgan fingerprint density at radius 1 is 1.50 bits per heavy atom. The van der Waals surface area contributed by atoms with E-state index in [2.05, 4.69) is 15.3 Å². The maximum Gasteiger partial charge on any atom is 0.257 e. The van der Waals surface area contributed by atoms with E-state index in [1.165, 1.54) is 0 Å². The van der Waals surface area contributed by atoms with Crippen molar-refractivity contribution in [2.75, 3.05) is 17.6 Å². The Morgan fingerprint density at radius 3 is 3.10 bits per heavy atom. The number of aryl methyl sites for hydroxylation is 2. The molecule has 6 heteroatoms. The lowest BCUT2D eigenvalue weighted by molar-refractivity contribution is 0.433. The summed E-state index contributed by atoms with van der Waals surface area (Å²) in [5, 5.41) is 3.19. The molecule has 0 saturated carbocycles. The molecule has 1 unspecified atom stereocenters. The van der Waals surface area contributed by atoms with E-state index in [1.54, 1.807) is 0 Å². The lowest BCUT2D eigenvalue weighted by Gasteiger charge is -2.24. The smallest absolute Gasteiger partial charge is 0.257 e. The van der Waals surface area contributed by atoms with Crippen molar-refractivity contribution in [2.24, 2.45) is 5.92 Å². The Balaban J connectivity index is 1.68. The lowest BCUT2D eigenvalue weighted by atomic mass is 9.92. The van der Waals surface area contributed by atoms with Gasteiger partial charge in [0.1, 0.15) is 17.3 Å². The van der Waals surface area contributed by atoms with E-state index in [0.717, 1.165) is 37.3 Å². The van der Waals surface area contributed by atoms with Gasteiger partial charge in [-0.05, 0) is 37.8 Å². The summed E-state index contributed by atoms with van der Waals surface area (Å²) in [6.07, 6.45) is 2.59. The molecule has 0 radical (unpaired) electrons. The Labute approximate surface area is 116 Å². The van der Waals surface area contributed by atoms with Gasteiger partial charge in [-0.25, -0.2) is 0 Å². The first-order valence-corrected chi connectivity index (χ1v) is 6.79. The normalized spacial score (nSPS) is 17.6. The van der Waals surface area contributed by atoms with Crippen LogP contribution in [0.2, 0.25) is 0 Å².